The van der Waals surface area contributed by atoms with Crippen LogP contribution >= 0.6 is 24.5 Å². The van der Waals surface area contributed by atoms with E-state index in [2.05, 4.69) is 35.0 Å². The number of hydrogen-bond acceptors (Lipinski definition) is 3. The Balaban J connectivity index is -0.000000130. The van der Waals surface area contributed by atoms with Crippen LogP contribution in [0.15, 0.2) is 30.3 Å². The molecule has 1 rings (SSSR count). The van der Waals surface area contributed by atoms with Gasteiger partial charge in [-0.25, -0.2) is 0 Å². The summed E-state index contributed by atoms with van der Waals surface area (Å²) in [6.07, 6.45) is 0. The summed E-state index contributed by atoms with van der Waals surface area (Å²) in [7, 11) is -1.06. The van der Waals surface area contributed by atoms with E-state index in [-0.39, 0.29) is 51.0 Å². The van der Waals surface area contributed by atoms with Gasteiger partial charge >= 0.3 is 25.7 Å². The molecule has 1 unspecified atom stereocenters. The van der Waals surface area contributed by atoms with Gasteiger partial charge in [0, 0.05) is 4.83 Å². The molecular formula is C14H24Br3FeO3P. The molecule has 0 heterocycles. The Morgan fingerprint density at radius 3 is 1.50 bits per heavy atom. The van der Waals surface area contributed by atoms with Gasteiger partial charge in [-0.1, -0.05) is 46.3 Å². The van der Waals surface area contributed by atoms with Crippen LogP contribution in [0.5, 0.6) is 0 Å². The molecule has 22 heavy (non-hydrogen) atoms. The van der Waals surface area contributed by atoms with Crippen LogP contribution in [0.2, 0.25) is 0 Å². The number of alkyl halides is 1. The molecule has 0 radical (unpaired) electrons. The first kappa shape index (κ1) is 31.3. The van der Waals surface area contributed by atoms with Gasteiger partial charge in [0.1, 0.15) is 0 Å². The molecule has 0 aliphatic rings. The summed E-state index contributed by atoms with van der Waals surface area (Å²) in [5, 5.41) is 0. The summed E-state index contributed by atoms with van der Waals surface area (Å²) in [5.41, 5.74) is 1.33. The maximum Gasteiger partial charge on any atom is 2.00 e. The number of rotatable bonds is 7. The van der Waals surface area contributed by atoms with Crippen molar-refractivity contribution in [2.75, 3.05) is 19.8 Å². The number of benzene rings is 1. The second-order valence-corrected chi connectivity index (χ2v) is 6.10. The van der Waals surface area contributed by atoms with Gasteiger partial charge in [0.15, 0.2) is 0 Å². The molecule has 0 aliphatic carbocycles. The molecule has 0 N–H and O–H groups in total. The van der Waals surface area contributed by atoms with Gasteiger partial charge in [-0.15, -0.1) is 0 Å². The Bertz CT molecular complexity index is 294. The molecule has 0 bridgehead atoms. The zero-order chi connectivity index (χ0) is 14.5. The summed E-state index contributed by atoms with van der Waals surface area (Å²) >= 11 is 3.48. The van der Waals surface area contributed by atoms with Crippen molar-refractivity contribution in [3.05, 3.63) is 35.9 Å². The van der Waals surface area contributed by atoms with Crippen LogP contribution in [0.4, 0.5) is 0 Å². The first-order chi connectivity index (χ1) is 9.15. The Kier molecular flexibility index (Phi) is 32.0. The molecule has 0 saturated carbocycles. The topological polar surface area (TPSA) is 27.7 Å². The molecule has 132 valence electrons. The predicted octanol–water partition coefficient (Wildman–Crippen LogP) is -0.529. The molecule has 0 fully saturated rings. The van der Waals surface area contributed by atoms with Crippen molar-refractivity contribution in [1.82, 2.24) is 0 Å². The third-order valence-electron chi connectivity index (χ3n) is 1.96. The maximum absolute atomic E-state index is 5.14. The molecular weight excluding hydrogens is 543 g/mol. The van der Waals surface area contributed by atoms with Crippen molar-refractivity contribution in [2.24, 2.45) is 0 Å². The molecule has 0 spiro atoms. The summed E-state index contributed by atoms with van der Waals surface area (Å²) in [4.78, 5) is 0.471. The predicted molar refractivity (Wildman–Crippen MR) is 85.6 cm³/mol. The van der Waals surface area contributed by atoms with Gasteiger partial charge in [-0.2, -0.15) is 0 Å². The van der Waals surface area contributed by atoms with E-state index in [9.17, 15) is 0 Å². The maximum atomic E-state index is 5.14. The minimum Gasteiger partial charge on any atom is -1.00 e. The first-order valence-corrected chi connectivity index (χ1v) is 8.54. The van der Waals surface area contributed by atoms with Crippen LogP contribution in [0, 0.1) is 0 Å². The summed E-state index contributed by atoms with van der Waals surface area (Å²) in [5.74, 6) is 0. The van der Waals surface area contributed by atoms with E-state index >= 15 is 0 Å². The summed E-state index contributed by atoms with van der Waals surface area (Å²) in [6, 6.07) is 10.3. The van der Waals surface area contributed by atoms with Gasteiger partial charge in [0.2, 0.25) is 0 Å². The van der Waals surface area contributed by atoms with Crippen LogP contribution in [-0.4, -0.2) is 19.8 Å². The zero-order valence-electron chi connectivity index (χ0n) is 13.2. The van der Waals surface area contributed by atoms with Gasteiger partial charge in [0.25, 0.3) is 0 Å². The third-order valence-corrected chi connectivity index (χ3v) is 3.90. The Morgan fingerprint density at radius 2 is 1.27 bits per heavy atom. The fourth-order valence-corrected chi connectivity index (χ4v) is 2.31. The zero-order valence-corrected chi connectivity index (χ0v) is 20.0. The Hall–Kier alpha value is 1.49. The van der Waals surface area contributed by atoms with E-state index < -0.39 is 8.60 Å². The van der Waals surface area contributed by atoms with E-state index in [4.69, 9.17) is 13.6 Å². The average Bonchev–Trinajstić information content (AvgIpc) is 2.41. The smallest absolute Gasteiger partial charge is 1.00 e. The first-order valence-electron chi connectivity index (χ1n) is 6.53. The van der Waals surface area contributed by atoms with Crippen LogP contribution in [0.3, 0.4) is 0 Å². The van der Waals surface area contributed by atoms with Gasteiger partial charge in [-0.05, 0) is 33.3 Å². The van der Waals surface area contributed by atoms with Gasteiger partial charge in [-0.3, -0.25) is 0 Å². The normalized spacial score (nSPS) is 10.3. The van der Waals surface area contributed by atoms with Crippen LogP contribution in [0.1, 0.15) is 38.1 Å². The number of halogens is 3. The van der Waals surface area contributed by atoms with E-state index in [1.165, 1.54) is 5.56 Å². The summed E-state index contributed by atoms with van der Waals surface area (Å²) < 4.78 is 15.4. The van der Waals surface area contributed by atoms with E-state index in [0.717, 1.165) is 0 Å². The minimum atomic E-state index is -1.06. The second kappa shape index (κ2) is 22.5. The van der Waals surface area contributed by atoms with Crippen molar-refractivity contribution in [2.45, 2.75) is 32.5 Å². The van der Waals surface area contributed by atoms with Gasteiger partial charge in [0.05, 0.1) is 19.8 Å². The summed E-state index contributed by atoms with van der Waals surface area (Å²) in [6.45, 7) is 9.83. The molecule has 0 amide bonds. The molecule has 8 heteroatoms. The number of hydrogen-bond donors (Lipinski definition) is 0. The molecule has 0 saturated heterocycles. The van der Waals surface area contributed by atoms with Crippen LogP contribution < -0.4 is 34.0 Å². The fourth-order valence-electron chi connectivity index (χ4n) is 1.15. The van der Waals surface area contributed by atoms with Crippen molar-refractivity contribution >= 4 is 24.5 Å². The Labute approximate surface area is 176 Å². The monoisotopic (exact) mass is 564 g/mol. The SMILES string of the molecule is CC(Br)c1ccccc1.CCOP(OCC)OCC.[Br-].[Br-].[Fe+2]. The third kappa shape index (κ3) is 17.8. The van der Waals surface area contributed by atoms with Crippen LogP contribution in [0.25, 0.3) is 0 Å². The fraction of sp³-hybridized carbons (Fsp3) is 0.571. The van der Waals surface area contributed by atoms with Crippen LogP contribution in [-0.2, 0) is 30.6 Å². The van der Waals surface area contributed by atoms with E-state index in [0.29, 0.717) is 24.6 Å². The molecule has 0 aromatic heterocycles. The quantitative estimate of drug-likeness (QED) is 0.253. The molecule has 0 aliphatic heterocycles. The standard InChI is InChI=1S/C8H9Br.C6H15O3P.2BrH.Fe/c1-7(9)8-5-3-2-4-6-8;1-4-7-10(8-5-2)9-6-3;;;/h2-7H,1H3;4-6H2,1-3H3;2*1H;/q;;;;+2/p-2. The van der Waals surface area contributed by atoms with E-state index in [1.54, 1.807) is 0 Å². The largest absolute Gasteiger partial charge is 2.00 e. The average molecular weight is 567 g/mol. The second-order valence-electron chi connectivity index (χ2n) is 3.50. The minimum absolute atomic E-state index is 0. The van der Waals surface area contributed by atoms with Crippen molar-refractivity contribution < 1.29 is 64.6 Å². The van der Waals surface area contributed by atoms with Gasteiger partial charge < -0.3 is 47.5 Å². The molecule has 1 aromatic rings. The van der Waals surface area contributed by atoms with E-state index in [1.807, 2.05) is 39.0 Å². The molecule has 1 atom stereocenters. The molecule has 1 aromatic carbocycles. The van der Waals surface area contributed by atoms with Crippen molar-refractivity contribution in [1.29, 1.82) is 0 Å². The molecule has 3 nitrogen and oxygen atoms in total. The van der Waals surface area contributed by atoms with Crippen molar-refractivity contribution in [3.8, 4) is 0 Å². The van der Waals surface area contributed by atoms with Crippen molar-refractivity contribution in [3.63, 3.8) is 0 Å². The Morgan fingerprint density at radius 1 is 0.909 bits per heavy atom.